The maximum Gasteiger partial charge on any atom is 0.269 e. The highest BCUT2D eigenvalue weighted by molar-refractivity contribution is 5.97. The first-order valence-corrected chi connectivity index (χ1v) is 6.32. The molecule has 1 saturated carbocycles. The van der Waals surface area contributed by atoms with E-state index in [2.05, 4.69) is 5.32 Å². The molecule has 0 unspecified atom stereocenters. The number of hydrogen-bond donors (Lipinski definition) is 1. The molecule has 0 bridgehead atoms. The lowest BCUT2D eigenvalue weighted by Gasteiger charge is -2.19. The van der Waals surface area contributed by atoms with Crippen LogP contribution in [0.25, 0.3) is 0 Å². The van der Waals surface area contributed by atoms with Gasteiger partial charge < -0.3 is 5.32 Å². The second kappa shape index (κ2) is 5.65. The van der Waals surface area contributed by atoms with Gasteiger partial charge in [-0.3, -0.25) is 14.9 Å². The van der Waals surface area contributed by atoms with Crippen LogP contribution in [0.3, 0.4) is 0 Å². The van der Waals surface area contributed by atoms with E-state index in [0.29, 0.717) is 0 Å². The molecule has 0 heterocycles. The molecule has 0 amide bonds. The summed E-state index contributed by atoms with van der Waals surface area (Å²) in [6, 6.07) is 6.14. The number of nitro benzene ring substituents is 1. The van der Waals surface area contributed by atoms with Gasteiger partial charge in [0.25, 0.3) is 5.69 Å². The minimum atomic E-state index is -0.436. The molecule has 2 rings (SSSR count). The van der Waals surface area contributed by atoms with Crippen LogP contribution in [0.2, 0.25) is 0 Å². The summed E-state index contributed by atoms with van der Waals surface area (Å²) in [7, 11) is 0. The van der Waals surface area contributed by atoms with Crippen molar-refractivity contribution in [3.8, 4) is 0 Å². The maximum atomic E-state index is 11.9. The van der Waals surface area contributed by atoms with Crippen LogP contribution in [0.5, 0.6) is 0 Å². The number of non-ortho nitro benzene ring substituents is 1. The van der Waals surface area contributed by atoms with E-state index < -0.39 is 4.92 Å². The summed E-state index contributed by atoms with van der Waals surface area (Å²) >= 11 is 0. The van der Waals surface area contributed by atoms with Crippen LogP contribution in [0, 0.1) is 16.0 Å². The zero-order valence-electron chi connectivity index (χ0n) is 10.8. The highest BCUT2D eigenvalue weighted by atomic mass is 16.6. The molecule has 5 heteroatoms. The SMILES string of the molecule is C[C@@H]1CCC/C(=C/Nc2ccc([N+](=O)[O-])cc2)C1=O. The number of Topliss-reactive ketones (excluding diaryl/α,β-unsaturated/α-hetero) is 1. The molecule has 1 aliphatic rings. The van der Waals surface area contributed by atoms with E-state index in [1.165, 1.54) is 12.1 Å². The Morgan fingerprint density at radius 1 is 1.37 bits per heavy atom. The third-order valence-electron chi connectivity index (χ3n) is 3.34. The van der Waals surface area contributed by atoms with Crippen LogP contribution in [-0.2, 0) is 4.79 Å². The van der Waals surface area contributed by atoms with E-state index in [1.807, 2.05) is 6.92 Å². The van der Waals surface area contributed by atoms with Crippen molar-refractivity contribution in [2.24, 2.45) is 5.92 Å². The first-order valence-electron chi connectivity index (χ1n) is 6.32. The second-order valence-corrected chi connectivity index (χ2v) is 4.78. The van der Waals surface area contributed by atoms with Gasteiger partial charge in [0.15, 0.2) is 5.78 Å². The van der Waals surface area contributed by atoms with Crippen molar-refractivity contribution in [2.75, 3.05) is 5.32 Å². The van der Waals surface area contributed by atoms with E-state index >= 15 is 0 Å². The average Bonchev–Trinajstić information content (AvgIpc) is 2.41. The molecule has 0 aliphatic heterocycles. The highest BCUT2D eigenvalue weighted by Crippen LogP contribution is 2.25. The number of anilines is 1. The Kier molecular flexibility index (Phi) is 3.94. The molecule has 5 nitrogen and oxygen atoms in total. The number of nitro groups is 1. The van der Waals surface area contributed by atoms with Crippen LogP contribution in [-0.4, -0.2) is 10.7 Å². The molecular weight excluding hydrogens is 244 g/mol. The molecule has 1 aliphatic carbocycles. The average molecular weight is 260 g/mol. The zero-order valence-corrected chi connectivity index (χ0v) is 10.8. The Bertz CT molecular complexity index is 520. The van der Waals surface area contributed by atoms with Crippen LogP contribution in [0.15, 0.2) is 36.0 Å². The molecule has 0 aromatic heterocycles. The van der Waals surface area contributed by atoms with Gasteiger partial charge in [-0.15, -0.1) is 0 Å². The standard InChI is InChI=1S/C14H16N2O3/c1-10-3-2-4-11(14(10)17)9-15-12-5-7-13(8-6-12)16(18)19/h5-10,15H,2-4H2,1H3/b11-9-/t10-/m1/s1. The number of hydrogen-bond acceptors (Lipinski definition) is 4. The van der Waals surface area contributed by atoms with Gasteiger partial charge in [-0.2, -0.15) is 0 Å². The number of carbonyl (C=O) groups excluding carboxylic acids is 1. The molecule has 1 aromatic carbocycles. The number of nitrogens with one attached hydrogen (secondary N) is 1. The minimum absolute atomic E-state index is 0.0561. The predicted octanol–water partition coefficient (Wildman–Crippen LogP) is 3.28. The van der Waals surface area contributed by atoms with Crippen molar-refractivity contribution in [3.05, 3.63) is 46.2 Å². The maximum absolute atomic E-state index is 11.9. The zero-order chi connectivity index (χ0) is 13.8. The van der Waals surface area contributed by atoms with Crippen LogP contribution in [0.4, 0.5) is 11.4 Å². The smallest absolute Gasteiger partial charge is 0.269 e. The lowest BCUT2D eigenvalue weighted by molar-refractivity contribution is -0.384. The molecule has 1 fully saturated rings. The molecule has 19 heavy (non-hydrogen) atoms. The number of ketones is 1. The van der Waals surface area contributed by atoms with E-state index in [1.54, 1.807) is 18.3 Å². The van der Waals surface area contributed by atoms with Gasteiger partial charge in [0.1, 0.15) is 0 Å². The molecule has 1 N–H and O–H groups in total. The van der Waals surface area contributed by atoms with E-state index in [4.69, 9.17) is 0 Å². The van der Waals surface area contributed by atoms with Gasteiger partial charge in [0.05, 0.1) is 4.92 Å². The molecule has 0 spiro atoms. The Balaban J connectivity index is 2.05. The predicted molar refractivity (Wildman–Crippen MR) is 72.8 cm³/mol. The van der Waals surface area contributed by atoms with Gasteiger partial charge in [-0.1, -0.05) is 6.92 Å². The Morgan fingerprint density at radius 2 is 2.05 bits per heavy atom. The van der Waals surface area contributed by atoms with E-state index in [-0.39, 0.29) is 17.4 Å². The molecule has 100 valence electrons. The van der Waals surface area contributed by atoms with Crippen molar-refractivity contribution in [1.82, 2.24) is 0 Å². The Hall–Kier alpha value is -2.17. The molecular formula is C14H16N2O3. The van der Waals surface area contributed by atoms with Gasteiger partial charge >= 0.3 is 0 Å². The third kappa shape index (κ3) is 3.19. The summed E-state index contributed by atoms with van der Waals surface area (Å²) in [6.07, 6.45) is 4.50. The summed E-state index contributed by atoms with van der Waals surface area (Å²) in [6.45, 7) is 1.95. The quantitative estimate of drug-likeness (QED) is 0.514. The Labute approximate surface area is 111 Å². The van der Waals surface area contributed by atoms with Gasteiger partial charge in [-0.05, 0) is 31.4 Å². The molecule has 0 radical (unpaired) electrons. The normalized spacial score (nSPS) is 21.4. The van der Waals surface area contributed by atoms with Gasteiger partial charge in [0.2, 0.25) is 0 Å². The summed E-state index contributed by atoms with van der Waals surface area (Å²) in [5, 5.41) is 13.6. The summed E-state index contributed by atoms with van der Waals surface area (Å²) < 4.78 is 0. The fourth-order valence-electron chi connectivity index (χ4n) is 2.16. The lowest BCUT2D eigenvalue weighted by Crippen LogP contribution is -2.19. The third-order valence-corrected chi connectivity index (χ3v) is 3.34. The summed E-state index contributed by atoms with van der Waals surface area (Å²) in [5.41, 5.74) is 1.60. The monoisotopic (exact) mass is 260 g/mol. The van der Waals surface area contributed by atoms with E-state index in [9.17, 15) is 14.9 Å². The van der Waals surface area contributed by atoms with Crippen molar-refractivity contribution >= 4 is 17.2 Å². The van der Waals surface area contributed by atoms with Crippen LogP contribution >= 0.6 is 0 Å². The van der Waals surface area contributed by atoms with Crippen LogP contribution < -0.4 is 5.32 Å². The fraction of sp³-hybridized carbons (Fsp3) is 0.357. The number of allylic oxidation sites excluding steroid dienone is 1. The fourth-order valence-corrected chi connectivity index (χ4v) is 2.16. The van der Waals surface area contributed by atoms with Gasteiger partial charge in [-0.25, -0.2) is 0 Å². The topological polar surface area (TPSA) is 72.2 Å². The van der Waals surface area contributed by atoms with Crippen molar-refractivity contribution in [3.63, 3.8) is 0 Å². The second-order valence-electron chi connectivity index (χ2n) is 4.78. The van der Waals surface area contributed by atoms with Crippen molar-refractivity contribution < 1.29 is 9.72 Å². The van der Waals surface area contributed by atoms with Gasteiger partial charge in [0, 0.05) is 35.5 Å². The first-order chi connectivity index (χ1) is 9.08. The number of carbonyl (C=O) groups is 1. The highest BCUT2D eigenvalue weighted by Gasteiger charge is 2.22. The minimum Gasteiger partial charge on any atom is -0.361 e. The number of nitrogens with zero attached hydrogens (tertiary/aromatic N) is 1. The van der Waals surface area contributed by atoms with Crippen molar-refractivity contribution in [1.29, 1.82) is 0 Å². The van der Waals surface area contributed by atoms with Crippen molar-refractivity contribution in [2.45, 2.75) is 26.2 Å². The van der Waals surface area contributed by atoms with Crippen LogP contribution in [0.1, 0.15) is 26.2 Å². The Morgan fingerprint density at radius 3 is 2.68 bits per heavy atom. The summed E-state index contributed by atoms with van der Waals surface area (Å²) in [5.74, 6) is 0.291. The number of rotatable bonds is 3. The molecule has 0 saturated heterocycles. The lowest BCUT2D eigenvalue weighted by atomic mass is 9.86. The number of benzene rings is 1. The first kappa shape index (κ1) is 13.3. The summed E-state index contributed by atoms with van der Waals surface area (Å²) in [4.78, 5) is 22.0. The largest absolute Gasteiger partial charge is 0.361 e. The van der Waals surface area contributed by atoms with E-state index in [0.717, 1.165) is 30.5 Å². The molecule has 1 aromatic rings. The molecule has 1 atom stereocenters.